The number of aliphatic hydroxyl groups is 2. The van der Waals surface area contributed by atoms with Crippen LogP contribution in [-0.2, 0) is 44.6 Å². The average Bonchev–Trinajstić information content (AvgIpc) is 3.85. The number of benzene rings is 1. The molecule has 1 aromatic rings. The fourth-order valence-electron chi connectivity index (χ4n) is 10.8. The molecule has 5 heterocycles. The Morgan fingerprint density at radius 3 is 2.41 bits per heavy atom. The number of rotatable bonds is 13. The van der Waals surface area contributed by atoms with E-state index in [9.17, 15) is 20.1 Å². The van der Waals surface area contributed by atoms with E-state index in [0.717, 1.165) is 37.7 Å². The smallest absolute Gasteiger partial charge is 0.192 e. The Balaban J connectivity index is 1.11. The van der Waals surface area contributed by atoms with Crippen LogP contribution in [0.2, 0.25) is 0 Å². The highest BCUT2D eigenvalue weighted by Crippen LogP contribution is 2.55. The summed E-state index contributed by atoms with van der Waals surface area (Å²) in [6.45, 7) is 16.7. The molecule has 5 aliphatic rings. The summed E-state index contributed by atoms with van der Waals surface area (Å²) < 4.78 is 46.2. The van der Waals surface area contributed by atoms with Gasteiger partial charge in [0.1, 0.15) is 6.61 Å². The van der Waals surface area contributed by atoms with Crippen LogP contribution < -0.4 is 5.11 Å². The number of hydrogen-bond donors (Lipinski definition) is 2. The van der Waals surface area contributed by atoms with E-state index in [-0.39, 0.29) is 60.6 Å². The van der Waals surface area contributed by atoms with Gasteiger partial charge in [-0.2, -0.15) is 0 Å². The van der Waals surface area contributed by atoms with E-state index in [1.54, 1.807) is 6.92 Å². The first-order valence-electron chi connectivity index (χ1n) is 20.6. The van der Waals surface area contributed by atoms with Gasteiger partial charge in [0.2, 0.25) is 0 Å². The van der Waals surface area contributed by atoms with Crippen molar-refractivity contribution in [2.24, 2.45) is 35.5 Å². The lowest BCUT2D eigenvalue weighted by molar-refractivity contribution is -0.338. The van der Waals surface area contributed by atoms with Crippen molar-refractivity contribution in [2.45, 2.75) is 179 Å². The highest BCUT2D eigenvalue weighted by atomic mass is 16.7. The third-order valence-corrected chi connectivity index (χ3v) is 14.2. The average molecular weight is 760 g/mol. The van der Waals surface area contributed by atoms with Crippen molar-refractivity contribution in [1.29, 1.82) is 0 Å². The molecule has 0 unspecified atom stereocenters. The lowest BCUT2D eigenvalue weighted by atomic mass is 9.78. The molecule has 0 bridgehead atoms. The summed E-state index contributed by atoms with van der Waals surface area (Å²) in [7, 11) is 1.50. The van der Waals surface area contributed by atoms with E-state index >= 15 is 0 Å². The summed E-state index contributed by atoms with van der Waals surface area (Å²) in [5.74, 6) is -4.69. The molecule has 0 amide bonds. The number of carbonyl (C=O) groups excluding carboxylic acids is 1. The van der Waals surface area contributed by atoms with Gasteiger partial charge in [-0.3, -0.25) is 0 Å². The molecule has 11 nitrogen and oxygen atoms in total. The predicted octanol–water partition coefficient (Wildman–Crippen LogP) is 5.16. The molecule has 11 heteroatoms. The zero-order valence-corrected chi connectivity index (χ0v) is 34.0. The van der Waals surface area contributed by atoms with Crippen LogP contribution in [0.15, 0.2) is 30.3 Å². The van der Waals surface area contributed by atoms with Crippen LogP contribution in [0.25, 0.3) is 0 Å². The summed E-state index contributed by atoms with van der Waals surface area (Å²) in [5.41, 5.74) is -0.111. The Labute approximate surface area is 322 Å². The second-order valence-electron chi connectivity index (χ2n) is 18.1. The van der Waals surface area contributed by atoms with Crippen LogP contribution in [0.5, 0.6) is 0 Å². The predicted molar refractivity (Wildman–Crippen MR) is 199 cm³/mol. The first-order valence-corrected chi connectivity index (χ1v) is 20.6. The van der Waals surface area contributed by atoms with E-state index in [4.69, 9.17) is 33.2 Å². The molecule has 54 heavy (non-hydrogen) atoms. The summed E-state index contributed by atoms with van der Waals surface area (Å²) in [6, 6.07) is 9.96. The number of aliphatic carboxylic acids is 1. The van der Waals surface area contributed by atoms with Crippen molar-refractivity contribution in [2.75, 3.05) is 13.7 Å². The van der Waals surface area contributed by atoms with Crippen LogP contribution in [0.3, 0.4) is 0 Å². The van der Waals surface area contributed by atoms with E-state index in [1.807, 2.05) is 51.1 Å². The Kier molecular flexibility index (Phi) is 12.7. The molecule has 0 saturated carbocycles. The van der Waals surface area contributed by atoms with Crippen molar-refractivity contribution in [1.82, 2.24) is 0 Å². The fraction of sp³-hybridized carbons (Fsp3) is 0.837. The highest BCUT2D eigenvalue weighted by Gasteiger charge is 2.62. The zero-order valence-electron chi connectivity index (χ0n) is 34.0. The number of hydrogen-bond acceptors (Lipinski definition) is 11. The second-order valence-corrected chi connectivity index (χ2v) is 18.1. The quantitative estimate of drug-likeness (QED) is 0.275. The van der Waals surface area contributed by atoms with E-state index in [2.05, 4.69) is 27.7 Å². The van der Waals surface area contributed by atoms with Gasteiger partial charge >= 0.3 is 0 Å². The summed E-state index contributed by atoms with van der Waals surface area (Å²) in [6.07, 6.45) is 3.02. The van der Waals surface area contributed by atoms with E-state index < -0.39 is 53.0 Å². The van der Waals surface area contributed by atoms with Crippen LogP contribution in [-0.4, -0.2) is 95.4 Å². The lowest BCUT2D eigenvalue weighted by Gasteiger charge is -2.49. The van der Waals surface area contributed by atoms with Gasteiger partial charge in [-0.05, 0) is 62.8 Å². The molecule has 1 aromatic carbocycles. The number of ether oxygens (including phenoxy) is 7. The molecule has 1 spiro atoms. The van der Waals surface area contributed by atoms with Crippen molar-refractivity contribution in [3.63, 3.8) is 0 Å². The third-order valence-electron chi connectivity index (χ3n) is 14.2. The van der Waals surface area contributed by atoms with Crippen LogP contribution in [0.1, 0.15) is 112 Å². The molecule has 0 aromatic heterocycles. The van der Waals surface area contributed by atoms with Gasteiger partial charge in [-0.1, -0.05) is 78.8 Å². The number of carboxylic acid groups (broad SMARTS) is 1. The minimum atomic E-state index is -1.40. The van der Waals surface area contributed by atoms with Gasteiger partial charge in [-0.25, -0.2) is 0 Å². The molecule has 6 rings (SSSR count). The molecular formula is C43H67O11-. The fourth-order valence-corrected chi connectivity index (χ4v) is 10.8. The summed E-state index contributed by atoms with van der Waals surface area (Å²) in [4.78, 5) is 11.8. The van der Waals surface area contributed by atoms with Crippen molar-refractivity contribution in [3.05, 3.63) is 35.9 Å². The van der Waals surface area contributed by atoms with Crippen LogP contribution in [0.4, 0.5) is 0 Å². The maximum absolute atomic E-state index is 11.8. The first kappa shape index (κ1) is 41.9. The van der Waals surface area contributed by atoms with Gasteiger partial charge in [-0.15, -0.1) is 0 Å². The zero-order chi connectivity index (χ0) is 39.2. The lowest BCUT2D eigenvalue weighted by Crippen LogP contribution is -2.57. The maximum atomic E-state index is 11.8. The van der Waals surface area contributed by atoms with Gasteiger partial charge < -0.3 is 53.3 Å². The maximum Gasteiger partial charge on any atom is 0.192 e. The minimum absolute atomic E-state index is 0.0894. The molecule has 5 saturated heterocycles. The van der Waals surface area contributed by atoms with Gasteiger partial charge in [0.05, 0.1) is 60.5 Å². The van der Waals surface area contributed by atoms with Crippen LogP contribution >= 0.6 is 0 Å². The molecule has 5 fully saturated rings. The highest BCUT2D eigenvalue weighted by molar-refractivity contribution is 5.67. The van der Waals surface area contributed by atoms with E-state index in [1.165, 1.54) is 7.11 Å². The molecule has 0 radical (unpaired) electrons. The largest absolute Gasteiger partial charge is 0.550 e. The topological polar surface area (TPSA) is 145 Å². The number of methoxy groups -OCH3 is 1. The molecule has 306 valence electrons. The van der Waals surface area contributed by atoms with Gasteiger partial charge in [0.25, 0.3) is 0 Å². The van der Waals surface area contributed by atoms with Crippen molar-refractivity contribution < 1.29 is 53.3 Å². The molecule has 17 atom stereocenters. The Hall–Kier alpha value is -1.67. The van der Waals surface area contributed by atoms with Crippen molar-refractivity contribution in [3.8, 4) is 0 Å². The summed E-state index contributed by atoms with van der Waals surface area (Å²) >= 11 is 0. The minimum Gasteiger partial charge on any atom is -0.550 e. The number of aliphatic hydroxyl groups excluding tert-OH is 1. The SMILES string of the molecule is CC[C@@]1([C@@H]2O[C@@H]([C@H]3O[C@@](O)(COCc4ccccc4)[C@H](C)C[C@@H]3C)C[C@@H]2C)CC[C@H]([C@]2(C)CC[C@]3(C[C@H](O)[C@@H](C)[C@@H]([C@@H](C)[C@@H](OC)[C@@H](C)C(=O)[O-])O3)O2)O1. The molecular weight excluding hydrogens is 692 g/mol. The number of carbonyl (C=O) groups is 1. The second kappa shape index (κ2) is 16.3. The number of carboxylic acids is 1. The Morgan fingerprint density at radius 1 is 1.02 bits per heavy atom. The molecule has 2 N–H and O–H groups in total. The standard InChI is InChI=1S/C43H68O11/c1-10-41(38-26(3)21-33(50-38)35-25(2)20-27(4)43(47,53-35)24-49-23-31-14-12-11-13-15-31)17-16-34(51-41)40(8)18-19-42(54-40)22-32(44)28(5)37(52-42)29(6)36(48-9)30(7)39(45)46/h11-15,25-30,32-38,44,47H,10,16-24H2,1-9H3,(H,45,46)/p-1/t25-,26-,27+,28+,29-,30+,32-,33+,34+,35-,36+,37-,38+,40-,41-,42+,43-/m0/s1. The first-order chi connectivity index (χ1) is 25.5. The third kappa shape index (κ3) is 8.05. The Morgan fingerprint density at radius 2 is 1.74 bits per heavy atom. The molecule has 5 aliphatic heterocycles. The van der Waals surface area contributed by atoms with Crippen LogP contribution in [0, 0.1) is 35.5 Å². The van der Waals surface area contributed by atoms with Gasteiger partial charge in [0, 0.05) is 49.6 Å². The van der Waals surface area contributed by atoms with Gasteiger partial charge in [0.15, 0.2) is 11.6 Å². The molecule has 0 aliphatic carbocycles. The summed E-state index contributed by atoms with van der Waals surface area (Å²) in [5, 5.41) is 34.9. The monoisotopic (exact) mass is 759 g/mol. The van der Waals surface area contributed by atoms with E-state index in [0.29, 0.717) is 25.9 Å². The normalized spacial score (nSPS) is 45.8. The van der Waals surface area contributed by atoms with Crippen molar-refractivity contribution >= 4 is 5.97 Å². The Bertz CT molecular complexity index is 1410.